The van der Waals surface area contributed by atoms with Crippen LogP contribution in [0.25, 0.3) is 0 Å². The molecule has 4 heteroatoms. The fraction of sp³-hybridized carbons (Fsp3) is 0.500. The lowest BCUT2D eigenvalue weighted by Crippen LogP contribution is -2.38. The molecule has 0 saturated carbocycles. The van der Waals surface area contributed by atoms with Crippen molar-refractivity contribution < 1.29 is 14.3 Å². The third-order valence-corrected chi connectivity index (χ3v) is 3.14. The second kappa shape index (κ2) is 5.87. The van der Waals surface area contributed by atoms with E-state index >= 15 is 0 Å². The molecule has 1 atom stereocenters. The first-order valence-electron chi connectivity index (χ1n) is 6.22. The first-order valence-corrected chi connectivity index (χ1v) is 6.22. The first-order chi connectivity index (χ1) is 8.69. The van der Waals surface area contributed by atoms with Crippen molar-refractivity contribution in [1.29, 1.82) is 0 Å². The monoisotopic (exact) mass is 249 g/mol. The predicted octanol–water partition coefficient (Wildman–Crippen LogP) is 1.95. The van der Waals surface area contributed by atoms with Gasteiger partial charge in [0.25, 0.3) is 0 Å². The van der Waals surface area contributed by atoms with Crippen molar-refractivity contribution >= 4 is 5.97 Å². The zero-order valence-corrected chi connectivity index (χ0v) is 10.9. The fourth-order valence-corrected chi connectivity index (χ4v) is 2.22. The predicted molar refractivity (Wildman–Crippen MR) is 68.9 cm³/mol. The molecule has 1 aromatic carbocycles. The number of rotatable bonds is 3. The average molecular weight is 249 g/mol. The normalized spacial score (nSPS) is 20.4. The Balaban J connectivity index is 2.02. The number of benzene rings is 1. The van der Waals surface area contributed by atoms with E-state index in [0.29, 0.717) is 5.56 Å². The van der Waals surface area contributed by atoms with Gasteiger partial charge in [0.05, 0.1) is 12.7 Å². The van der Waals surface area contributed by atoms with Gasteiger partial charge in [-0.25, -0.2) is 4.79 Å². The van der Waals surface area contributed by atoms with Crippen molar-refractivity contribution in [1.82, 2.24) is 4.90 Å². The second-order valence-electron chi connectivity index (χ2n) is 4.66. The molecule has 18 heavy (non-hydrogen) atoms. The molecule has 1 saturated heterocycles. The van der Waals surface area contributed by atoms with E-state index in [1.165, 1.54) is 7.11 Å². The molecule has 1 aliphatic rings. The minimum Gasteiger partial charge on any atom is -0.489 e. The van der Waals surface area contributed by atoms with E-state index in [9.17, 15) is 4.79 Å². The second-order valence-corrected chi connectivity index (χ2v) is 4.66. The lowest BCUT2D eigenvalue weighted by molar-refractivity contribution is 0.0599. The summed E-state index contributed by atoms with van der Waals surface area (Å²) in [6.07, 6.45) is 2.42. The molecular weight excluding hydrogens is 230 g/mol. The van der Waals surface area contributed by atoms with Gasteiger partial charge in [0.2, 0.25) is 0 Å². The lowest BCUT2D eigenvalue weighted by Gasteiger charge is -2.30. The van der Waals surface area contributed by atoms with Gasteiger partial charge in [-0.1, -0.05) is 6.07 Å². The third-order valence-electron chi connectivity index (χ3n) is 3.14. The summed E-state index contributed by atoms with van der Waals surface area (Å²) in [5.41, 5.74) is 0.527. The number of likely N-dealkylation sites (N-methyl/N-ethyl adjacent to an activating group) is 1. The maximum absolute atomic E-state index is 11.4. The number of nitrogens with zero attached hydrogens (tertiary/aromatic N) is 1. The maximum Gasteiger partial charge on any atom is 0.337 e. The molecule has 0 radical (unpaired) electrons. The van der Waals surface area contributed by atoms with Crippen LogP contribution < -0.4 is 4.74 Å². The van der Waals surface area contributed by atoms with Crippen molar-refractivity contribution in [3.8, 4) is 5.75 Å². The van der Waals surface area contributed by atoms with Crippen LogP contribution in [0.1, 0.15) is 23.2 Å². The van der Waals surface area contributed by atoms with Gasteiger partial charge < -0.3 is 14.4 Å². The summed E-state index contributed by atoms with van der Waals surface area (Å²) >= 11 is 0. The SMILES string of the molecule is COC(=O)c1cccc(OC2CCCN(C)C2)c1. The van der Waals surface area contributed by atoms with Crippen LogP contribution in [0.4, 0.5) is 0 Å². The molecular formula is C14H19NO3. The van der Waals surface area contributed by atoms with Gasteiger partial charge in [0.1, 0.15) is 11.9 Å². The Kier molecular flexibility index (Phi) is 4.20. The fourth-order valence-electron chi connectivity index (χ4n) is 2.22. The van der Waals surface area contributed by atoms with E-state index in [1.54, 1.807) is 12.1 Å². The lowest BCUT2D eigenvalue weighted by atomic mass is 10.1. The number of piperidine rings is 1. The minimum absolute atomic E-state index is 0.205. The molecule has 0 bridgehead atoms. The van der Waals surface area contributed by atoms with Gasteiger partial charge in [-0.3, -0.25) is 0 Å². The highest BCUT2D eigenvalue weighted by atomic mass is 16.5. The van der Waals surface area contributed by atoms with Crippen molar-refractivity contribution in [2.75, 3.05) is 27.2 Å². The van der Waals surface area contributed by atoms with E-state index in [-0.39, 0.29) is 12.1 Å². The first kappa shape index (κ1) is 12.9. The number of hydrogen-bond acceptors (Lipinski definition) is 4. The van der Waals surface area contributed by atoms with Crippen LogP contribution in [-0.2, 0) is 4.74 Å². The number of hydrogen-bond donors (Lipinski definition) is 0. The zero-order chi connectivity index (χ0) is 13.0. The molecule has 0 aromatic heterocycles. The van der Waals surface area contributed by atoms with Gasteiger partial charge in [-0.2, -0.15) is 0 Å². The minimum atomic E-state index is -0.332. The molecule has 1 fully saturated rings. The summed E-state index contributed by atoms with van der Waals surface area (Å²) in [5, 5.41) is 0. The van der Waals surface area contributed by atoms with Gasteiger partial charge in [-0.05, 0) is 44.6 Å². The standard InChI is InChI=1S/C14H19NO3/c1-15-8-4-7-13(10-15)18-12-6-3-5-11(9-12)14(16)17-2/h3,5-6,9,13H,4,7-8,10H2,1-2H3. The summed E-state index contributed by atoms with van der Waals surface area (Å²) in [5.74, 6) is 0.402. The largest absolute Gasteiger partial charge is 0.489 e. The Hall–Kier alpha value is -1.55. The molecule has 98 valence electrons. The van der Waals surface area contributed by atoms with Gasteiger partial charge >= 0.3 is 5.97 Å². The Labute approximate surface area is 107 Å². The quantitative estimate of drug-likeness (QED) is 0.767. The van der Waals surface area contributed by atoms with E-state index in [2.05, 4.69) is 11.9 Å². The molecule has 2 rings (SSSR count). The summed E-state index contributed by atoms with van der Waals surface area (Å²) in [6.45, 7) is 2.06. The summed E-state index contributed by atoms with van der Waals surface area (Å²) in [7, 11) is 3.48. The van der Waals surface area contributed by atoms with Gasteiger partial charge in [0.15, 0.2) is 0 Å². The number of carbonyl (C=O) groups excluding carboxylic acids is 1. The van der Waals surface area contributed by atoms with Crippen LogP contribution in [0.15, 0.2) is 24.3 Å². The molecule has 1 unspecified atom stereocenters. The van der Waals surface area contributed by atoms with Crippen LogP contribution >= 0.6 is 0 Å². The van der Waals surface area contributed by atoms with Gasteiger partial charge in [0, 0.05) is 6.54 Å². The number of carbonyl (C=O) groups is 1. The Morgan fingerprint density at radius 2 is 2.28 bits per heavy atom. The number of ether oxygens (including phenoxy) is 2. The third kappa shape index (κ3) is 3.23. The molecule has 0 N–H and O–H groups in total. The highest BCUT2D eigenvalue weighted by Crippen LogP contribution is 2.19. The summed E-state index contributed by atoms with van der Waals surface area (Å²) < 4.78 is 10.6. The Bertz CT molecular complexity index is 419. The smallest absolute Gasteiger partial charge is 0.337 e. The maximum atomic E-state index is 11.4. The summed E-state index contributed by atoms with van der Waals surface area (Å²) in [6, 6.07) is 7.15. The van der Waals surface area contributed by atoms with Crippen LogP contribution in [-0.4, -0.2) is 44.2 Å². The molecule has 1 aliphatic heterocycles. The summed E-state index contributed by atoms with van der Waals surface area (Å²) in [4.78, 5) is 13.7. The molecule has 1 heterocycles. The van der Waals surface area contributed by atoms with Crippen molar-refractivity contribution in [3.05, 3.63) is 29.8 Å². The van der Waals surface area contributed by atoms with Crippen molar-refractivity contribution in [2.45, 2.75) is 18.9 Å². The number of likely N-dealkylation sites (tertiary alicyclic amines) is 1. The van der Waals surface area contributed by atoms with Crippen LogP contribution in [0, 0.1) is 0 Å². The molecule has 0 spiro atoms. The molecule has 0 aliphatic carbocycles. The number of esters is 1. The van der Waals surface area contributed by atoms with E-state index in [4.69, 9.17) is 9.47 Å². The highest BCUT2D eigenvalue weighted by Gasteiger charge is 2.18. The Morgan fingerprint density at radius 3 is 3.00 bits per heavy atom. The highest BCUT2D eigenvalue weighted by molar-refractivity contribution is 5.89. The number of methoxy groups -OCH3 is 1. The van der Waals surface area contributed by atoms with Crippen molar-refractivity contribution in [3.63, 3.8) is 0 Å². The molecule has 1 aromatic rings. The topological polar surface area (TPSA) is 38.8 Å². The molecule has 0 amide bonds. The van der Waals surface area contributed by atoms with E-state index in [0.717, 1.165) is 31.7 Å². The molecule has 4 nitrogen and oxygen atoms in total. The zero-order valence-electron chi connectivity index (χ0n) is 10.9. The van der Waals surface area contributed by atoms with Crippen molar-refractivity contribution in [2.24, 2.45) is 0 Å². The van der Waals surface area contributed by atoms with Crippen LogP contribution in [0.5, 0.6) is 5.75 Å². The van der Waals surface area contributed by atoms with Crippen LogP contribution in [0.3, 0.4) is 0 Å². The van der Waals surface area contributed by atoms with Gasteiger partial charge in [-0.15, -0.1) is 0 Å². The van der Waals surface area contributed by atoms with Crippen LogP contribution in [0.2, 0.25) is 0 Å². The van der Waals surface area contributed by atoms with E-state index in [1.807, 2.05) is 12.1 Å². The average Bonchev–Trinajstić information content (AvgIpc) is 2.38. The van der Waals surface area contributed by atoms with E-state index < -0.39 is 0 Å². The Morgan fingerprint density at radius 1 is 1.44 bits per heavy atom.